The first-order valence-electron chi connectivity index (χ1n) is 15.1. The number of aliphatic carboxylic acids is 1. The molecular weight excluding hydrogens is 516 g/mol. The second-order valence-corrected chi connectivity index (χ2v) is 11.4. The molecule has 2 unspecified atom stereocenters. The van der Waals surface area contributed by atoms with Gasteiger partial charge in [-0.1, -0.05) is 36.8 Å². The summed E-state index contributed by atoms with van der Waals surface area (Å²) in [6, 6.07) is 15.8. The number of hydrogen-bond acceptors (Lipinski definition) is 6. The van der Waals surface area contributed by atoms with Crippen LogP contribution in [0.25, 0.3) is 0 Å². The summed E-state index contributed by atoms with van der Waals surface area (Å²) in [6.45, 7) is 13.9. The minimum atomic E-state index is -0.730. The molecule has 2 N–H and O–H groups in total. The topological polar surface area (TPSA) is 87.6 Å². The van der Waals surface area contributed by atoms with Crippen molar-refractivity contribution in [3.8, 4) is 5.75 Å². The highest BCUT2D eigenvalue weighted by atomic mass is 16.4. The Balaban J connectivity index is 1.46. The van der Waals surface area contributed by atoms with Crippen molar-refractivity contribution < 1.29 is 19.8 Å². The molecule has 8 nitrogen and oxygen atoms in total. The van der Waals surface area contributed by atoms with E-state index in [0.717, 1.165) is 89.2 Å². The third-order valence-electron chi connectivity index (χ3n) is 8.36. The third kappa shape index (κ3) is 8.64. The van der Waals surface area contributed by atoms with Gasteiger partial charge in [0.25, 0.3) is 5.91 Å². The van der Waals surface area contributed by atoms with Gasteiger partial charge >= 0.3 is 5.97 Å². The highest BCUT2D eigenvalue weighted by molar-refractivity contribution is 5.94. The number of amides is 1. The summed E-state index contributed by atoms with van der Waals surface area (Å²) in [5.74, 6) is -0.422. The van der Waals surface area contributed by atoms with Crippen LogP contribution in [0.2, 0.25) is 0 Å². The summed E-state index contributed by atoms with van der Waals surface area (Å²) in [7, 11) is 0. The van der Waals surface area contributed by atoms with E-state index in [2.05, 4.69) is 40.3 Å². The number of aromatic hydroxyl groups is 1. The zero-order chi connectivity index (χ0) is 29.2. The van der Waals surface area contributed by atoms with E-state index in [-0.39, 0.29) is 30.2 Å². The fourth-order valence-electron chi connectivity index (χ4n) is 6.26. The second-order valence-electron chi connectivity index (χ2n) is 11.4. The van der Waals surface area contributed by atoms with Crippen LogP contribution in [0.15, 0.2) is 61.2 Å². The predicted molar refractivity (Wildman–Crippen MR) is 162 cm³/mol. The van der Waals surface area contributed by atoms with Crippen molar-refractivity contribution in [2.45, 2.75) is 51.1 Å². The van der Waals surface area contributed by atoms with E-state index in [0.29, 0.717) is 12.1 Å². The van der Waals surface area contributed by atoms with Crippen molar-refractivity contribution >= 4 is 11.9 Å². The quantitative estimate of drug-likeness (QED) is 0.292. The van der Waals surface area contributed by atoms with Crippen molar-refractivity contribution in [3.63, 3.8) is 0 Å². The van der Waals surface area contributed by atoms with Crippen LogP contribution in [0.1, 0.15) is 66.6 Å². The molecule has 8 heteroatoms. The van der Waals surface area contributed by atoms with Gasteiger partial charge in [0.05, 0.1) is 6.04 Å². The van der Waals surface area contributed by atoms with Crippen molar-refractivity contribution in [1.29, 1.82) is 0 Å². The lowest BCUT2D eigenvalue weighted by Gasteiger charge is -2.44. The van der Waals surface area contributed by atoms with Crippen LogP contribution in [-0.4, -0.2) is 107 Å². The number of phenols is 1. The first-order valence-corrected chi connectivity index (χ1v) is 15.1. The van der Waals surface area contributed by atoms with Gasteiger partial charge in [-0.05, 0) is 74.7 Å². The Labute approximate surface area is 244 Å². The minimum absolute atomic E-state index is 0.0636. The number of carboxylic acid groups (broad SMARTS) is 1. The normalized spacial score (nSPS) is 19.9. The van der Waals surface area contributed by atoms with Gasteiger partial charge in [0.1, 0.15) is 5.75 Å². The summed E-state index contributed by atoms with van der Waals surface area (Å²) in [4.78, 5) is 33.7. The number of rotatable bonds is 12. The second kappa shape index (κ2) is 15.1. The maximum Gasteiger partial charge on any atom is 0.303 e. The molecule has 2 saturated heterocycles. The van der Waals surface area contributed by atoms with E-state index >= 15 is 0 Å². The number of hydrogen-bond donors (Lipinski definition) is 2. The Morgan fingerprint density at radius 1 is 0.951 bits per heavy atom. The molecule has 2 aliphatic heterocycles. The zero-order valence-corrected chi connectivity index (χ0v) is 24.5. The smallest absolute Gasteiger partial charge is 0.303 e. The maximum atomic E-state index is 13.7. The Morgan fingerprint density at radius 2 is 1.71 bits per heavy atom. The minimum Gasteiger partial charge on any atom is -0.508 e. The molecule has 4 rings (SSSR count). The summed E-state index contributed by atoms with van der Waals surface area (Å²) < 4.78 is 0. The summed E-state index contributed by atoms with van der Waals surface area (Å²) in [5.41, 5.74) is 2.78. The average Bonchev–Trinajstić information content (AvgIpc) is 3.20. The lowest BCUT2D eigenvalue weighted by Crippen LogP contribution is -2.53. The number of unbranched alkanes of at least 4 members (excludes halogenated alkanes) is 2. The van der Waals surface area contributed by atoms with Gasteiger partial charge in [-0.15, -0.1) is 6.58 Å². The van der Waals surface area contributed by atoms with Gasteiger partial charge in [-0.3, -0.25) is 19.4 Å². The molecule has 0 aliphatic carbocycles. The van der Waals surface area contributed by atoms with Crippen LogP contribution in [0.5, 0.6) is 5.75 Å². The molecule has 2 aromatic rings. The molecule has 0 aromatic heterocycles. The van der Waals surface area contributed by atoms with Gasteiger partial charge < -0.3 is 20.0 Å². The van der Waals surface area contributed by atoms with Crippen molar-refractivity contribution in [1.82, 2.24) is 19.6 Å². The molecule has 2 atom stereocenters. The molecule has 2 fully saturated rings. The molecular formula is C33H46N4O4. The number of benzene rings is 2. The molecule has 2 heterocycles. The van der Waals surface area contributed by atoms with E-state index in [1.807, 2.05) is 41.3 Å². The zero-order valence-electron chi connectivity index (χ0n) is 24.5. The average molecular weight is 563 g/mol. The lowest BCUT2D eigenvalue weighted by atomic mass is 9.93. The van der Waals surface area contributed by atoms with Gasteiger partial charge in [0.15, 0.2) is 0 Å². The van der Waals surface area contributed by atoms with E-state index in [4.69, 9.17) is 5.11 Å². The summed E-state index contributed by atoms with van der Waals surface area (Å²) >= 11 is 0. The van der Waals surface area contributed by atoms with Crippen molar-refractivity contribution in [2.24, 2.45) is 0 Å². The van der Waals surface area contributed by atoms with Crippen LogP contribution in [0.3, 0.4) is 0 Å². The number of piperazine rings is 1. The largest absolute Gasteiger partial charge is 0.508 e. The van der Waals surface area contributed by atoms with Crippen LogP contribution in [0, 0.1) is 0 Å². The summed E-state index contributed by atoms with van der Waals surface area (Å²) in [6.07, 6.45) is 5.74. The maximum absolute atomic E-state index is 13.7. The van der Waals surface area contributed by atoms with Gasteiger partial charge in [-0.2, -0.15) is 0 Å². The Hall–Kier alpha value is -3.20. The molecule has 222 valence electrons. The van der Waals surface area contributed by atoms with Gasteiger partial charge in [0, 0.05) is 63.8 Å². The monoisotopic (exact) mass is 562 g/mol. The molecule has 2 aromatic carbocycles. The number of carbonyl (C=O) groups is 2. The van der Waals surface area contributed by atoms with E-state index < -0.39 is 5.97 Å². The SMILES string of the molecule is C=CCN1CCN(C(c2cccc(O)c2)c2cccc(C(=O)N3CCCN(CCCCCC(=O)O)CC3)c2)C(C)C1. The van der Waals surface area contributed by atoms with E-state index in [9.17, 15) is 14.7 Å². The fraction of sp³-hybridized carbons (Fsp3) is 0.515. The highest BCUT2D eigenvalue weighted by Gasteiger charge is 2.32. The number of phenolic OH excluding ortho intramolecular Hbond substituents is 1. The fourth-order valence-corrected chi connectivity index (χ4v) is 6.26. The Morgan fingerprint density at radius 3 is 2.44 bits per heavy atom. The van der Waals surface area contributed by atoms with Crippen LogP contribution in [0.4, 0.5) is 0 Å². The molecule has 0 saturated carbocycles. The highest BCUT2D eigenvalue weighted by Crippen LogP contribution is 2.34. The van der Waals surface area contributed by atoms with Gasteiger partial charge in [-0.25, -0.2) is 0 Å². The molecule has 0 radical (unpaired) electrons. The molecule has 0 bridgehead atoms. The predicted octanol–water partition coefficient (Wildman–Crippen LogP) is 4.47. The van der Waals surface area contributed by atoms with E-state index in [1.165, 1.54) is 0 Å². The van der Waals surface area contributed by atoms with Crippen LogP contribution in [-0.2, 0) is 4.79 Å². The first-order chi connectivity index (χ1) is 19.9. The standard InChI is InChI=1S/C33H46N4O4/c1-3-15-35-20-22-37(26(2)25-35)32(28-11-8-13-30(38)24-28)27-10-7-12-29(23-27)33(41)36-18-9-17-34(19-21-36)16-6-4-5-14-31(39)40/h3,7-8,10-13,23-24,26,32,38H,1,4-6,9,14-22,25H2,2H3,(H,39,40). The van der Waals surface area contributed by atoms with Crippen LogP contribution >= 0.6 is 0 Å². The molecule has 1 amide bonds. The molecule has 2 aliphatic rings. The van der Waals surface area contributed by atoms with Crippen molar-refractivity contribution in [3.05, 3.63) is 77.9 Å². The molecule has 0 spiro atoms. The Kier molecular flexibility index (Phi) is 11.4. The first kappa shape index (κ1) is 30.8. The third-order valence-corrected chi connectivity index (χ3v) is 8.36. The van der Waals surface area contributed by atoms with Crippen LogP contribution < -0.4 is 0 Å². The number of nitrogens with zero attached hydrogens (tertiary/aromatic N) is 4. The molecule has 41 heavy (non-hydrogen) atoms. The number of carbonyl (C=O) groups excluding carboxylic acids is 1. The number of carboxylic acids is 1. The van der Waals surface area contributed by atoms with Gasteiger partial charge in [0.2, 0.25) is 0 Å². The summed E-state index contributed by atoms with van der Waals surface area (Å²) in [5, 5.41) is 19.2. The van der Waals surface area contributed by atoms with Crippen molar-refractivity contribution in [2.75, 3.05) is 58.9 Å². The lowest BCUT2D eigenvalue weighted by molar-refractivity contribution is -0.137. The Bertz CT molecular complexity index is 1170. The van der Waals surface area contributed by atoms with E-state index in [1.54, 1.807) is 6.07 Å².